The number of hydrogen-bond acceptors (Lipinski definition) is 6. The van der Waals surface area contributed by atoms with Gasteiger partial charge in [-0.2, -0.15) is 9.47 Å². The number of aryl methyl sites for hydroxylation is 2. The zero-order chi connectivity index (χ0) is 20.3. The molecule has 0 radical (unpaired) electrons. The van der Waals surface area contributed by atoms with Gasteiger partial charge < -0.3 is 5.32 Å². The van der Waals surface area contributed by atoms with Gasteiger partial charge in [-0.3, -0.25) is 9.48 Å². The fraction of sp³-hybridized carbons (Fsp3) is 0.235. The molecule has 0 bridgehead atoms. The number of hydrogen-bond donors (Lipinski definition) is 2. The highest BCUT2D eigenvalue weighted by molar-refractivity contribution is 9.10. The number of benzene rings is 1. The van der Waals surface area contributed by atoms with E-state index in [1.165, 1.54) is 17.1 Å². The second-order valence-electron chi connectivity index (χ2n) is 6.05. The smallest absolute Gasteiger partial charge is 0.264 e. The molecule has 2 heterocycles. The molecule has 2 N–H and O–H groups in total. The minimum Gasteiger partial charge on any atom is -0.343 e. The van der Waals surface area contributed by atoms with Crippen LogP contribution in [0.15, 0.2) is 52.1 Å². The molecule has 1 amide bonds. The first kappa shape index (κ1) is 20.6. The Balaban J connectivity index is 1.80. The Labute approximate surface area is 175 Å². The Morgan fingerprint density at radius 1 is 1.32 bits per heavy atom. The van der Waals surface area contributed by atoms with Crippen molar-refractivity contribution in [2.45, 2.75) is 17.9 Å². The van der Waals surface area contributed by atoms with Gasteiger partial charge in [-0.05, 0) is 39.9 Å². The second-order valence-corrected chi connectivity index (χ2v) is 9.38. The van der Waals surface area contributed by atoms with Crippen LogP contribution in [0.3, 0.4) is 0 Å². The SMILES string of the molecule is Cc1nsc(C(=O)NC(CNS(=O)(=O)c2cnn(C)c2)c2ccccc2)c1Br. The molecule has 148 valence electrons. The molecule has 0 aliphatic rings. The number of carbonyl (C=O) groups excluding carboxylic acids is 1. The van der Waals surface area contributed by atoms with Gasteiger partial charge in [-0.25, -0.2) is 13.1 Å². The van der Waals surface area contributed by atoms with Crippen LogP contribution >= 0.6 is 27.5 Å². The molecular formula is C17H18BrN5O3S2. The fourth-order valence-electron chi connectivity index (χ4n) is 2.47. The number of nitrogens with zero attached hydrogens (tertiary/aromatic N) is 3. The lowest BCUT2D eigenvalue weighted by molar-refractivity contribution is 0.0940. The molecule has 1 aromatic carbocycles. The number of nitrogens with one attached hydrogen (secondary N) is 2. The average molecular weight is 484 g/mol. The molecule has 1 unspecified atom stereocenters. The molecule has 0 spiro atoms. The van der Waals surface area contributed by atoms with E-state index in [9.17, 15) is 13.2 Å². The van der Waals surface area contributed by atoms with E-state index in [0.29, 0.717) is 9.35 Å². The highest BCUT2D eigenvalue weighted by Crippen LogP contribution is 2.25. The molecule has 0 fully saturated rings. The number of sulfonamides is 1. The normalized spacial score (nSPS) is 12.7. The van der Waals surface area contributed by atoms with Gasteiger partial charge in [-0.15, -0.1) is 0 Å². The first-order chi connectivity index (χ1) is 13.3. The zero-order valence-electron chi connectivity index (χ0n) is 15.1. The Kier molecular flexibility index (Phi) is 6.28. The Morgan fingerprint density at radius 2 is 2.04 bits per heavy atom. The monoisotopic (exact) mass is 483 g/mol. The highest BCUT2D eigenvalue weighted by Gasteiger charge is 2.23. The zero-order valence-corrected chi connectivity index (χ0v) is 18.3. The summed E-state index contributed by atoms with van der Waals surface area (Å²) in [6, 6.07) is 8.61. The van der Waals surface area contributed by atoms with Crippen molar-refractivity contribution in [3.05, 3.63) is 63.3 Å². The van der Waals surface area contributed by atoms with Gasteiger partial charge in [0.2, 0.25) is 10.0 Å². The van der Waals surface area contributed by atoms with E-state index in [4.69, 9.17) is 0 Å². The molecule has 0 saturated carbocycles. The van der Waals surface area contributed by atoms with Crippen LogP contribution in [-0.2, 0) is 17.1 Å². The standard InChI is InChI=1S/C17H18BrN5O3S2/c1-11-15(18)16(27-22-11)17(24)21-14(12-6-4-3-5-7-12)9-20-28(25,26)13-8-19-23(2)10-13/h3-8,10,14,20H,9H2,1-2H3,(H,21,24). The quantitative estimate of drug-likeness (QED) is 0.536. The van der Waals surface area contributed by atoms with Gasteiger partial charge in [-0.1, -0.05) is 30.3 Å². The third-order valence-corrected chi connectivity index (χ3v) is 7.52. The predicted octanol–water partition coefficient (Wildman–Crippen LogP) is 2.40. The number of rotatable bonds is 7. The molecule has 11 heteroatoms. The van der Waals surface area contributed by atoms with E-state index >= 15 is 0 Å². The second kappa shape index (κ2) is 8.52. The van der Waals surface area contributed by atoms with Gasteiger partial charge in [0.25, 0.3) is 5.91 Å². The minimum atomic E-state index is -3.75. The summed E-state index contributed by atoms with van der Waals surface area (Å²) in [6.45, 7) is 1.79. The van der Waals surface area contributed by atoms with Crippen LogP contribution < -0.4 is 10.0 Å². The van der Waals surface area contributed by atoms with Crippen molar-refractivity contribution in [1.29, 1.82) is 0 Å². The lowest BCUT2D eigenvalue weighted by Crippen LogP contribution is -2.37. The maximum Gasteiger partial charge on any atom is 0.264 e. The van der Waals surface area contributed by atoms with Gasteiger partial charge in [0, 0.05) is 19.8 Å². The van der Waals surface area contributed by atoms with Crippen molar-refractivity contribution in [1.82, 2.24) is 24.2 Å². The highest BCUT2D eigenvalue weighted by atomic mass is 79.9. The first-order valence-electron chi connectivity index (χ1n) is 8.24. The van der Waals surface area contributed by atoms with Gasteiger partial charge in [0.15, 0.2) is 0 Å². The summed E-state index contributed by atoms with van der Waals surface area (Å²) in [7, 11) is -2.11. The van der Waals surface area contributed by atoms with Crippen LogP contribution in [-0.4, -0.2) is 35.0 Å². The summed E-state index contributed by atoms with van der Waals surface area (Å²) >= 11 is 4.45. The van der Waals surface area contributed by atoms with Crippen molar-refractivity contribution in [2.24, 2.45) is 7.05 Å². The van der Waals surface area contributed by atoms with Crippen LogP contribution in [0.5, 0.6) is 0 Å². The number of halogens is 1. The van der Waals surface area contributed by atoms with Crippen LogP contribution in [0.4, 0.5) is 0 Å². The maximum absolute atomic E-state index is 12.7. The summed E-state index contributed by atoms with van der Waals surface area (Å²) in [5.41, 5.74) is 1.51. The van der Waals surface area contributed by atoms with Crippen LogP contribution in [0, 0.1) is 6.92 Å². The summed E-state index contributed by atoms with van der Waals surface area (Å²) in [6.07, 6.45) is 2.69. The summed E-state index contributed by atoms with van der Waals surface area (Å²) in [5, 5.41) is 6.77. The predicted molar refractivity (Wildman–Crippen MR) is 110 cm³/mol. The van der Waals surface area contributed by atoms with Crippen LogP contribution in [0.1, 0.15) is 27.0 Å². The van der Waals surface area contributed by atoms with Crippen molar-refractivity contribution >= 4 is 43.4 Å². The van der Waals surface area contributed by atoms with Gasteiger partial charge >= 0.3 is 0 Å². The van der Waals surface area contributed by atoms with E-state index in [1.54, 1.807) is 14.0 Å². The molecule has 0 saturated heterocycles. The molecule has 1 atom stereocenters. The fourth-order valence-corrected chi connectivity index (χ4v) is 4.80. The molecule has 3 aromatic rings. The molecule has 28 heavy (non-hydrogen) atoms. The number of aromatic nitrogens is 3. The van der Waals surface area contributed by atoms with Crippen molar-refractivity contribution in [3.8, 4) is 0 Å². The Hall–Kier alpha value is -2.08. The molecule has 2 aromatic heterocycles. The molecule has 0 aliphatic heterocycles. The van der Waals surface area contributed by atoms with Crippen LogP contribution in [0.25, 0.3) is 0 Å². The third kappa shape index (κ3) is 4.66. The van der Waals surface area contributed by atoms with Crippen molar-refractivity contribution in [2.75, 3.05) is 6.54 Å². The molecule has 3 rings (SSSR count). The average Bonchev–Trinajstić information content (AvgIpc) is 3.26. The molecular weight excluding hydrogens is 466 g/mol. The van der Waals surface area contributed by atoms with E-state index < -0.39 is 16.1 Å². The van der Waals surface area contributed by atoms with E-state index in [2.05, 4.69) is 35.4 Å². The molecule has 8 nitrogen and oxygen atoms in total. The Morgan fingerprint density at radius 3 is 2.61 bits per heavy atom. The summed E-state index contributed by atoms with van der Waals surface area (Å²) in [5.74, 6) is -0.327. The first-order valence-corrected chi connectivity index (χ1v) is 11.3. The third-order valence-electron chi connectivity index (χ3n) is 3.97. The Bertz CT molecular complexity index is 1080. The van der Waals surface area contributed by atoms with Gasteiger partial charge in [0.1, 0.15) is 9.77 Å². The molecule has 0 aliphatic carbocycles. The van der Waals surface area contributed by atoms with Crippen LogP contribution in [0.2, 0.25) is 0 Å². The van der Waals surface area contributed by atoms with Crippen molar-refractivity contribution < 1.29 is 13.2 Å². The largest absolute Gasteiger partial charge is 0.343 e. The van der Waals surface area contributed by atoms with E-state index in [1.807, 2.05) is 30.3 Å². The van der Waals surface area contributed by atoms with E-state index in [0.717, 1.165) is 22.8 Å². The van der Waals surface area contributed by atoms with E-state index in [-0.39, 0.29) is 17.3 Å². The summed E-state index contributed by atoms with van der Waals surface area (Å²) < 4.78 is 33.8. The topological polar surface area (TPSA) is 106 Å². The lowest BCUT2D eigenvalue weighted by Gasteiger charge is -2.19. The lowest BCUT2D eigenvalue weighted by atomic mass is 10.1. The van der Waals surface area contributed by atoms with Crippen molar-refractivity contribution in [3.63, 3.8) is 0 Å². The van der Waals surface area contributed by atoms with Gasteiger partial charge in [0.05, 0.1) is 22.4 Å². The maximum atomic E-state index is 12.7. The number of amides is 1. The summed E-state index contributed by atoms with van der Waals surface area (Å²) in [4.78, 5) is 13.2. The number of carbonyl (C=O) groups is 1. The minimum absolute atomic E-state index is 0.0115.